The van der Waals surface area contributed by atoms with Crippen LogP contribution in [0.4, 0.5) is 5.82 Å². The molecular formula is C14H20BrN3. The van der Waals surface area contributed by atoms with Gasteiger partial charge in [-0.1, -0.05) is 0 Å². The van der Waals surface area contributed by atoms with E-state index < -0.39 is 0 Å². The minimum Gasteiger partial charge on any atom is -0.367 e. The van der Waals surface area contributed by atoms with Gasteiger partial charge in [0.15, 0.2) is 0 Å². The molecular weight excluding hydrogens is 290 g/mol. The van der Waals surface area contributed by atoms with Crippen LogP contribution in [-0.4, -0.2) is 23.1 Å². The van der Waals surface area contributed by atoms with Crippen LogP contribution in [0.2, 0.25) is 0 Å². The van der Waals surface area contributed by atoms with Gasteiger partial charge in [0.2, 0.25) is 0 Å². The number of hydrogen-bond acceptors (Lipinski definition) is 3. The maximum atomic E-state index is 4.58. The molecule has 1 aromatic heterocycles. The van der Waals surface area contributed by atoms with Crippen molar-refractivity contribution in [3.8, 4) is 0 Å². The lowest BCUT2D eigenvalue weighted by Crippen LogP contribution is -2.58. The molecule has 2 fully saturated rings. The smallest absolute Gasteiger partial charge is 0.126 e. The van der Waals surface area contributed by atoms with Gasteiger partial charge in [-0.2, -0.15) is 0 Å². The van der Waals surface area contributed by atoms with Crippen molar-refractivity contribution in [3.63, 3.8) is 0 Å². The van der Waals surface area contributed by atoms with Crippen LogP contribution in [-0.2, 0) is 0 Å². The van der Waals surface area contributed by atoms with Gasteiger partial charge in [0.1, 0.15) is 5.82 Å². The van der Waals surface area contributed by atoms with Crippen LogP contribution >= 0.6 is 15.9 Å². The number of nitrogens with one attached hydrogen (secondary N) is 2. The molecule has 1 aliphatic carbocycles. The van der Waals surface area contributed by atoms with Crippen molar-refractivity contribution in [2.45, 2.75) is 50.6 Å². The Balaban J connectivity index is 1.66. The van der Waals surface area contributed by atoms with Gasteiger partial charge in [0, 0.05) is 16.1 Å². The molecule has 2 aliphatic rings. The second-order valence-electron chi connectivity index (χ2n) is 5.66. The third-order valence-corrected chi connectivity index (χ3v) is 5.15. The molecule has 2 N–H and O–H groups in total. The number of halogens is 1. The zero-order valence-corrected chi connectivity index (χ0v) is 12.4. The van der Waals surface area contributed by atoms with E-state index >= 15 is 0 Å². The second kappa shape index (κ2) is 4.82. The minimum absolute atomic E-state index is 0.445. The first-order valence-electron chi connectivity index (χ1n) is 6.82. The number of pyridine rings is 1. The van der Waals surface area contributed by atoms with Gasteiger partial charge >= 0.3 is 0 Å². The summed E-state index contributed by atoms with van der Waals surface area (Å²) >= 11 is 3.49. The normalized spacial score (nSPS) is 25.8. The Morgan fingerprint density at radius 3 is 2.94 bits per heavy atom. The van der Waals surface area contributed by atoms with E-state index in [0.717, 1.165) is 22.5 Å². The predicted molar refractivity (Wildman–Crippen MR) is 77.9 cm³/mol. The fraction of sp³-hybridized carbons (Fsp3) is 0.643. The lowest BCUT2D eigenvalue weighted by Gasteiger charge is -2.48. The highest BCUT2D eigenvalue weighted by molar-refractivity contribution is 9.10. The fourth-order valence-electron chi connectivity index (χ4n) is 3.10. The van der Waals surface area contributed by atoms with Gasteiger partial charge in [-0.05, 0) is 73.6 Å². The van der Waals surface area contributed by atoms with Gasteiger partial charge in [-0.15, -0.1) is 0 Å². The summed E-state index contributed by atoms with van der Waals surface area (Å²) in [5, 5.41) is 7.30. The van der Waals surface area contributed by atoms with Crippen LogP contribution < -0.4 is 10.6 Å². The van der Waals surface area contributed by atoms with E-state index in [4.69, 9.17) is 0 Å². The molecule has 4 heteroatoms. The summed E-state index contributed by atoms with van der Waals surface area (Å²) < 4.78 is 1.08. The Hall–Kier alpha value is -0.610. The van der Waals surface area contributed by atoms with Crippen molar-refractivity contribution in [1.82, 2.24) is 10.3 Å². The van der Waals surface area contributed by atoms with Crippen molar-refractivity contribution in [2.75, 3.05) is 11.9 Å². The first-order valence-corrected chi connectivity index (χ1v) is 7.61. The number of aromatic nitrogens is 1. The second-order valence-corrected chi connectivity index (χ2v) is 6.51. The molecule has 3 nitrogen and oxygen atoms in total. The van der Waals surface area contributed by atoms with Gasteiger partial charge in [0.05, 0.1) is 5.69 Å². The molecule has 2 heterocycles. The molecule has 3 rings (SSSR count). The fourth-order valence-corrected chi connectivity index (χ4v) is 3.32. The molecule has 1 aliphatic heterocycles. The van der Waals surface area contributed by atoms with Crippen molar-refractivity contribution < 1.29 is 0 Å². The average molecular weight is 310 g/mol. The van der Waals surface area contributed by atoms with E-state index in [1.165, 1.54) is 32.1 Å². The third-order valence-electron chi connectivity index (χ3n) is 4.31. The molecule has 1 atom stereocenters. The predicted octanol–water partition coefficient (Wildman–Crippen LogP) is 3.24. The molecule has 1 aromatic rings. The van der Waals surface area contributed by atoms with Crippen LogP contribution in [0.1, 0.15) is 37.8 Å². The summed E-state index contributed by atoms with van der Waals surface area (Å²) in [6.07, 6.45) is 6.51. The largest absolute Gasteiger partial charge is 0.367 e. The Morgan fingerprint density at radius 2 is 2.28 bits per heavy atom. The molecule has 0 amide bonds. The van der Waals surface area contributed by atoms with E-state index in [1.54, 1.807) is 0 Å². The lowest BCUT2D eigenvalue weighted by molar-refractivity contribution is 0.135. The van der Waals surface area contributed by atoms with Crippen molar-refractivity contribution in [3.05, 3.63) is 22.3 Å². The van der Waals surface area contributed by atoms with E-state index in [1.807, 2.05) is 6.92 Å². The minimum atomic E-state index is 0.445. The van der Waals surface area contributed by atoms with Crippen LogP contribution in [0.15, 0.2) is 16.6 Å². The molecule has 1 saturated heterocycles. The first-order chi connectivity index (χ1) is 8.67. The summed E-state index contributed by atoms with van der Waals surface area (Å²) in [6.45, 7) is 3.16. The molecule has 1 unspecified atom stereocenters. The summed E-state index contributed by atoms with van der Waals surface area (Å²) in [7, 11) is 0. The zero-order valence-electron chi connectivity index (χ0n) is 10.8. The van der Waals surface area contributed by atoms with E-state index in [-0.39, 0.29) is 0 Å². The highest BCUT2D eigenvalue weighted by Gasteiger charge is 2.40. The quantitative estimate of drug-likeness (QED) is 0.880. The molecule has 18 heavy (non-hydrogen) atoms. The zero-order chi connectivity index (χ0) is 12.6. The number of piperidine rings is 1. The molecule has 0 aromatic carbocycles. The number of anilines is 1. The number of nitrogens with zero attached hydrogens (tertiary/aromatic N) is 1. The van der Waals surface area contributed by atoms with Crippen molar-refractivity contribution in [2.24, 2.45) is 0 Å². The highest BCUT2D eigenvalue weighted by Crippen LogP contribution is 2.38. The van der Waals surface area contributed by atoms with Crippen LogP contribution in [0.5, 0.6) is 0 Å². The maximum absolute atomic E-state index is 4.58. The Kier molecular flexibility index (Phi) is 3.32. The Morgan fingerprint density at radius 1 is 1.44 bits per heavy atom. The van der Waals surface area contributed by atoms with Gasteiger partial charge in [0.25, 0.3) is 0 Å². The topological polar surface area (TPSA) is 37.0 Å². The van der Waals surface area contributed by atoms with Crippen LogP contribution in [0.3, 0.4) is 0 Å². The first kappa shape index (κ1) is 12.4. The molecule has 0 radical (unpaired) electrons. The average Bonchev–Trinajstić information content (AvgIpc) is 2.32. The molecule has 0 bridgehead atoms. The third kappa shape index (κ3) is 2.41. The van der Waals surface area contributed by atoms with Crippen molar-refractivity contribution in [1.29, 1.82) is 0 Å². The van der Waals surface area contributed by atoms with E-state index in [2.05, 4.69) is 43.7 Å². The molecule has 98 valence electrons. The van der Waals surface area contributed by atoms with E-state index in [0.29, 0.717) is 11.6 Å². The Labute approximate surface area is 117 Å². The highest BCUT2D eigenvalue weighted by atomic mass is 79.9. The van der Waals surface area contributed by atoms with E-state index in [9.17, 15) is 0 Å². The molecule has 1 saturated carbocycles. The number of aryl methyl sites for hydroxylation is 1. The SMILES string of the molecule is Cc1nc(NC2CCNC3(CCC3)C2)ccc1Br. The summed E-state index contributed by atoms with van der Waals surface area (Å²) in [4.78, 5) is 4.58. The van der Waals surface area contributed by atoms with Crippen LogP contribution in [0.25, 0.3) is 0 Å². The van der Waals surface area contributed by atoms with Crippen LogP contribution in [0, 0.1) is 6.92 Å². The lowest BCUT2D eigenvalue weighted by atomic mass is 9.70. The summed E-state index contributed by atoms with van der Waals surface area (Å²) in [6, 6.07) is 4.71. The summed E-state index contributed by atoms with van der Waals surface area (Å²) in [5.41, 5.74) is 1.49. The van der Waals surface area contributed by atoms with Gasteiger partial charge in [-0.3, -0.25) is 0 Å². The molecule has 1 spiro atoms. The standard InChI is InChI=1S/C14H20BrN3/c1-10-12(15)3-4-13(17-10)18-11-5-8-16-14(9-11)6-2-7-14/h3-4,11,16H,2,5-9H2,1H3,(H,17,18). The number of hydrogen-bond donors (Lipinski definition) is 2. The summed E-state index contributed by atoms with van der Waals surface area (Å²) in [5.74, 6) is 1.01. The monoisotopic (exact) mass is 309 g/mol. The van der Waals surface area contributed by atoms with Gasteiger partial charge in [-0.25, -0.2) is 4.98 Å². The Bertz CT molecular complexity index is 443. The van der Waals surface area contributed by atoms with Gasteiger partial charge < -0.3 is 10.6 Å². The number of rotatable bonds is 2. The van der Waals surface area contributed by atoms with Crippen molar-refractivity contribution >= 4 is 21.7 Å². The maximum Gasteiger partial charge on any atom is 0.126 e.